The van der Waals surface area contributed by atoms with Crippen LogP contribution in [0.3, 0.4) is 0 Å². The minimum atomic E-state index is -3.37. The molecule has 2 rings (SSSR count). The fourth-order valence-corrected chi connectivity index (χ4v) is 7.29. The van der Waals surface area contributed by atoms with E-state index < -0.39 is 7.60 Å². The van der Waals surface area contributed by atoms with E-state index in [1.807, 2.05) is 44.2 Å². The minimum absolute atomic E-state index is 0.166. The van der Waals surface area contributed by atoms with Crippen molar-refractivity contribution in [1.82, 2.24) is 0 Å². The first-order valence-electron chi connectivity index (χ1n) is 13.6. The minimum Gasteiger partial charge on any atom is -0.488 e. The lowest BCUT2D eigenvalue weighted by Gasteiger charge is -2.40. The highest BCUT2D eigenvalue weighted by atomic mass is 31.2. The van der Waals surface area contributed by atoms with Crippen LogP contribution in [-0.4, -0.2) is 18.8 Å². The number of hydrogen-bond donors (Lipinski definition) is 0. The summed E-state index contributed by atoms with van der Waals surface area (Å²) in [6, 6.07) is 18.7. The molecule has 36 heavy (non-hydrogen) atoms. The highest BCUT2D eigenvalue weighted by molar-refractivity contribution is 7.54. The number of hydrogen-bond acceptors (Lipinski definition) is 4. The van der Waals surface area contributed by atoms with E-state index in [4.69, 9.17) is 13.8 Å². The predicted molar refractivity (Wildman–Crippen MR) is 152 cm³/mol. The Balaban J connectivity index is 2.50. The molecule has 0 aromatic heterocycles. The van der Waals surface area contributed by atoms with Gasteiger partial charge in [-0.15, -0.1) is 0 Å². The van der Waals surface area contributed by atoms with Crippen molar-refractivity contribution in [2.45, 2.75) is 98.8 Å². The predicted octanol–water partition coefficient (Wildman–Crippen LogP) is 9.81. The van der Waals surface area contributed by atoms with Crippen molar-refractivity contribution in [1.29, 1.82) is 0 Å². The third kappa shape index (κ3) is 8.75. The van der Waals surface area contributed by atoms with Crippen LogP contribution in [0.4, 0.5) is 0 Å². The Hall–Kier alpha value is -1.61. The molecular weight excluding hydrogens is 467 g/mol. The van der Waals surface area contributed by atoms with Crippen LogP contribution in [-0.2, 0) is 13.6 Å². The van der Waals surface area contributed by atoms with Gasteiger partial charge in [0.05, 0.1) is 18.9 Å². The molecule has 0 N–H and O–H groups in total. The molecule has 0 amide bonds. The average molecular weight is 517 g/mol. The monoisotopic (exact) mass is 516 g/mol. The lowest BCUT2D eigenvalue weighted by Crippen LogP contribution is -2.27. The number of ether oxygens (including phenoxy) is 1. The summed E-state index contributed by atoms with van der Waals surface area (Å²) in [7, 11) is -3.37. The molecule has 0 heterocycles. The summed E-state index contributed by atoms with van der Waals surface area (Å²) < 4.78 is 32.0. The van der Waals surface area contributed by atoms with Crippen LogP contribution in [0, 0.1) is 11.3 Å². The molecule has 5 heteroatoms. The Kier molecular flexibility index (Phi) is 11.3. The molecule has 2 aromatic carbocycles. The number of rotatable bonds is 14. The van der Waals surface area contributed by atoms with Crippen molar-refractivity contribution in [3.05, 3.63) is 65.7 Å². The molecule has 2 aromatic rings. The zero-order valence-corrected chi connectivity index (χ0v) is 24.9. The average Bonchev–Trinajstić information content (AvgIpc) is 2.81. The molecule has 0 radical (unpaired) electrons. The van der Waals surface area contributed by atoms with Crippen LogP contribution in [0.15, 0.2) is 54.6 Å². The third-order valence-corrected chi connectivity index (χ3v) is 9.37. The van der Waals surface area contributed by atoms with Crippen LogP contribution in [0.2, 0.25) is 0 Å². The van der Waals surface area contributed by atoms with Crippen molar-refractivity contribution in [2.75, 3.05) is 13.2 Å². The summed E-state index contributed by atoms with van der Waals surface area (Å²) in [5.74, 6) is 1.73. The van der Waals surface area contributed by atoms with Gasteiger partial charge in [-0.1, -0.05) is 76.6 Å². The summed E-state index contributed by atoms with van der Waals surface area (Å²) in [5, 5.41) is 0. The van der Waals surface area contributed by atoms with Gasteiger partial charge < -0.3 is 13.8 Å². The van der Waals surface area contributed by atoms with E-state index in [9.17, 15) is 4.57 Å². The van der Waals surface area contributed by atoms with Gasteiger partial charge in [0.1, 0.15) is 11.4 Å². The summed E-state index contributed by atoms with van der Waals surface area (Å²) >= 11 is 0. The second-order valence-corrected chi connectivity index (χ2v) is 13.8. The molecule has 0 aliphatic rings. The quantitative estimate of drug-likeness (QED) is 0.234. The normalized spacial score (nSPS) is 15.4. The molecule has 0 saturated heterocycles. The van der Waals surface area contributed by atoms with Gasteiger partial charge >= 0.3 is 7.60 Å². The van der Waals surface area contributed by atoms with Crippen LogP contribution < -0.4 is 4.74 Å². The van der Waals surface area contributed by atoms with Crippen molar-refractivity contribution < 1.29 is 18.3 Å². The molecule has 0 fully saturated rings. The van der Waals surface area contributed by atoms with Crippen LogP contribution in [0.25, 0.3) is 0 Å². The molecule has 4 nitrogen and oxygen atoms in total. The summed E-state index contributed by atoms with van der Waals surface area (Å²) in [6.07, 6.45) is 2.87. The van der Waals surface area contributed by atoms with Crippen molar-refractivity contribution >= 4 is 7.60 Å². The van der Waals surface area contributed by atoms with Crippen LogP contribution in [0.1, 0.15) is 104 Å². The highest BCUT2D eigenvalue weighted by Crippen LogP contribution is 2.65. The van der Waals surface area contributed by atoms with E-state index in [-0.39, 0.29) is 22.6 Å². The fraction of sp³-hybridized carbons (Fsp3) is 0.613. The second kappa shape index (κ2) is 13.3. The summed E-state index contributed by atoms with van der Waals surface area (Å²) in [5.41, 5.74) is 1.55. The second-order valence-electron chi connectivity index (χ2n) is 11.6. The Morgan fingerprint density at radius 1 is 0.806 bits per heavy atom. The van der Waals surface area contributed by atoms with Crippen molar-refractivity contribution in [3.63, 3.8) is 0 Å². The Bertz CT molecular complexity index is 937. The first kappa shape index (κ1) is 30.6. The maximum atomic E-state index is 14.1. The van der Waals surface area contributed by atoms with E-state index in [1.165, 1.54) is 5.56 Å². The van der Waals surface area contributed by atoms with E-state index in [0.29, 0.717) is 25.6 Å². The van der Waals surface area contributed by atoms with Gasteiger partial charge in [-0.2, -0.15) is 0 Å². The summed E-state index contributed by atoms with van der Waals surface area (Å²) in [4.78, 5) is 0. The molecule has 3 unspecified atom stereocenters. The Labute approximate surface area is 220 Å². The first-order valence-corrected chi connectivity index (χ1v) is 15.2. The smallest absolute Gasteiger partial charge is 0.338 e. The van der Waals surface area contributed by atoms with E-state index in [1.54, 1.807) is 0 Å². The molecule has 0 aliphatic carbocycles. The molecule has 0 saturated carbocycles. The van der Waals surface area contributed by atoms with E-state index >= 15 is 0 Å². The molecule has 0 aliphatic heterocycles. The Morgan fingerprint density at radius 2 is 1.36 bits per heavy atom. The number of benzene rings is 2. The van der Waals surface area contributed by atoms with E-state index in [2.05, 4.69) is 72.7 Å². The lowest BCUT2D eigenvalue weighted by atomic mass is 9.68. The molecule has 202 valence electrons. The van der Waals surface area contributed by atoms with Gasteiger partial charge in [0.15, 0.2) is 0 Å². The van der Waals surface area contributed by atoms with Crippen LogP contribution in [0.5, 0.6) is 5.75 Å². The van der Waals surface area contributed by atoms with Crippen LogP contribution >= 0.6 is 7.60 Å². The Morgan fingerprint density at radius 3 is 1.83 bits per heavy atom. The molecule has 0 spiro atoms. The maximum absolute atomic E-state index is 14.1. The lowest BCUT2D eigenvalue weighted by molar-refractivity contribution is 0.131. The van der Waals surface area contributed by atoms with Crippen molar-refractivity contribution in [3.8, 4) is 5.75 Å². The van der Waals surface area contributed by atoms with Gasteiger partial charge in [0, 0.05) is 0 Å². The molecule has 0 bridgehead atoms. The zero-order valence-electron chi connectivity index (χ0n) is 24.0. The molecular formula is C31H49O4P. The maximum Gasteiger partial charge on any atom is 0.338 e. The molecule has 3 atom stereocenters. The van der Waals surface area contributed by atoms with Gasteiger partial charge in [0.25, 0.3) is 0 Å². The van der Waals surface area contributed by atoms with Gasteiger partial charge in [-0.05, 0) is 88.0 Å². The van der Waals surface area contributed by atoms with Crippen molar-refractivity contribution in [2.24, 2.45) is 11.3 Å². The van der Waals surface area contributed by atoms with Gasteiger partial charge in [-0.25, -0.2) is 0 Å². The van der Waals surface area contributed by atoms with Gasteiger partial charge in [-0.3, -0.25) is 4.57 Å². The topological polar surface area (TPSA) is 44.8 Å². The summed E-state index contributed by atoms with van der Waals surface area (Å²) in [6.45, 7) is 19.8. The van der Waals surface area contributed by atoms with Gasteiger partial charge in [0.2, 0.25) is 0 Å². The van der Waals surface area contributed by atoms with E-state index in [0.717, 1.165) is 24.2 Å². The zero-order chi connectivity index (χ0) is 27.0. The highest BCUT2D eigenvalue weighted by Gasteiger charge is 2.43. The standard InChI is InChI=1S/C31H49O4P/c1-10-24(4)22-28(25-18-20-27(21-19-25)35-30(5,6)7)31(8,9)23-29(26-16-14-13-15-17-26)36(32,33-11-2)34-12-3/h13-21,24,28-29H,10-12,22-23H2,1-9H3. The third-order valence-electron chi connectivity index (χ3n) is 6.89. The first-order chi connectivity index (χ1) is 16.8. The fourth-order valence-electron chi connectivity index (χ4n) is 4.90. The largest absolute Gasteiger partial charge is 0.488 e. The SMILES string of the molecule is CCOP(=O)(OCC)C(CC(C)(C)C(CC(C)CC)c1ccc(OC(C)(C)C)cc1)c1ccccc1.